The highest BCUT2D eigenvalue weighted by Crippen LogP contribution is 2.11. The van der Waals surface area contributed by atoms with Crippen LogP contribution < -0.4 is 5.73 Å². The second-order valence-corrected chi connectivity index (χ2v) is 2.90. The molecule has 0 saturated carbocycles. The summed E-state index contributed by atoms with van der Waals surface area (Å²) in [6.45, 7) is 5.24. The average molecular weight is 155 g/mol. The van der Waals surface area contributed by atoms with Crippen LogP contribution in [0.15, 0.2) is 11.6 Å². The third kappa shape index (κ3) is 6.11. The zero-order valence-electron chi connectivity index (χ0n) is 7.90. The van der Waals surface area contributed by atoms with Gasteiger partial charge in [-0.3, -0.25) is 0 Å². The van der Waals surface area contributed by atoms with Crippen molar-refractivity contribution in [3.63, 3.8) is 0 Å². The molecule has 11 heavy (non-hydrogen) atoms. The van der Waals surface area contributed by atoms with Crippen LogP contribution in [0.4, 0.5) is 0 Å². The largest absolute Gasteiger partial charge is 0.330 e. The molecule has 0 fully saturated rings. The molecule has 0 spiro atoms. The first kappa shape index (κ1) is 10.7. The van der Waals surface area contributed by atoms with Gasteiger partial charge in [-0.25, -0.2) is 0 Å². The Labute approximate surface area is 70.7 Å². The number of unbranched alkanes of at least 4 members (excludes halogenated alkanes) is 1. The van der Waals surface area contributed by atoms with Gasteiger partial charge in [-0.05, 0) is 32.2 Å². The number of rotatable bonds is 6. The maximum absolute atomic E-state index is 5.42. The summed E-state index contributed by atoms with van der Waals surface area (Å²) in [5, 5.41) is 0. The summed E-state index contributed by atoms with van der Waals surface area (Å²) in [6.07, 6.45) is 8.43. The highest BCUT2D eigenvalue weighted by atomic mass is 14.5. The maximum atomic E-state index is 5.42. The van der Waals surface area contributed by atoms with Gasteiger partial charge in [-0.2, -0.15) is 0 Å². The van der Waals surface area contributed by atoms with Crippen molar-refractivity contribution >= 4 is 0 Å². The van der Waals surface area contributed by atoms with E-state index in [1.807, 2.05) is 0 Å². The van der Waals surface area contributed by atoms with Gasteiger partial charge in [-0.1, -0.05) is 31.9 Å². The van der Waals surface area contributed by atoms with Crippen molar-refractivity contribution in [2.45, 2.75) is 46.0 Å². The van der Waals surface area contributed by atoms with Crippen LogP contribution in [0.2, 0.25) is 0 Å². The lowest BCUT2D eigenvalue weighted by Crippen LogP contribution is -1.96. The Morgan fingerprint density at radius 1 is 1.36 bits per heavy atom. The van der Waals surface area contributed by atoms with Gasteiger partial charge in [0.1, 0.15) is 0 Å². The summed E-state index contributed by atoms with van der Waals surface area (Å²) in [5.41, 5.74) is 7.00. The van der Waals surface area contributed by atoms with Crippen LogP contribution in [0.3, 0.4) is 0 Å². The van der Waals surface area contributed by atoms with Crippen LogP contribution in [0.25, 0.3) is 0 Å². The number of nitrogens with two attached hydrogens (primary N) is 1. The quantitative estimate of drug-likeness (QED) is 0.586. The summed E-state index contributed by atoms with van der Waals surface area (Å²) < 4.78 is 0. The Bertz CT molecular complexity index is 105. The molecule has 0 aromatic rings. The maximum Gasteiger partial charge on any atom is -0.00425 e. The van der Waals surface area contributed by atoms with Gasteiger partial charge in [-0.15, -0.1) is 0 Å². The molecule has 0 atom stereocenters. The van der Waals surface area contributed by atoms with Gasteiger partial charge >= 0.3 is 0 Å². The number of allylic oxidation sites excluding steroid dienone is 1. The molecule has 0 radical (unpaired) electrons. The van der Waals surface area contributed by atoms with E-state index in [2.05, 4.69) is 19.9 Å². The van der Waals surface area contributed by atoms with Crippen molar-refractivity contribution in [3.05, 3.63) is 11.6 Å². The van der Waals surface area contributed by atoms with Gasteiger partial charge in [0.15, 0.2) is 0 Å². The molecule has 0 saturated heterocycles. The first-order valence-corrected chi connectivity index (χ1v) is 4.73. The fourth-order valence-corrected chi connectivity index (χ4v) is 1.11. The summed E-state index contributed by atoms with van der Waals surface area (Å²) >= 11 is 0. The van der Waals surface area contributed by atoms with Crippen LogP contribution in [0.5, 0.6) is 0 Å². The average Bonchev–Trinajstić information content (AvgIpc) is 2.05. The van der Waals surface area contributed by atoms with Gasteiger partial charge < -0.3 is 5.73 Å². The molecule has 0 aliphatic heterocycles. The molecule has 0 aliphatic rings. The number of hydrogen-bond acceptors (Lipinski definition) is 1. The van der Waals surface area contributed by atoms with E-state index in [1.165, 1.54) is 25.7 Å². The van der Waals surface area contributed by atoms with Crippen LogP contribution in [-0.4, -0.2) is 6.54 Å². The molecule has 0 bridgehead atoms. The summed E-state index contributed by atoms with van der Waals surface area (Å²) in [7, 11) is 0. The second kappa shape index (κ2) is 7.80. The van der Waals surface area contributed by atoms with E-state index in [9.17, 15) is 0 Å². The third-order valence-electron chi connectivity index (χ3n) is 1.91. The van der Waals surface area contributed by atoms with Crippen molar-refractivity contribution in [3.8, 4) is 0 Å². The minimum absolute atomic E-state index is 0.787. The van der Waals surface area contributed by atoms with E-state index >= 15 is 0 Å². The standard InChI is InChI=1S/C10H21N/c1-3-5-7-10(4-2)8-6-9-11/h8H,3-7,9,11H2,1-2H3/b10-8+. The molecule has 2 N–H and O–H groups in total. The normalized spacial score (nSPS) is 12.1. The van der Waals surface area contributed by atoms with Crippen molar-refractivity contribution in [1.29, 1.82) is 0 Å². The smallest absolute Gasteiger partial charge is 0.00425 e. The highest BCUT2D eigenvalue weighted by molar-refractivity contribution is 5.00. The molecule has 0 aromatic carbocycles. The molecule has 0 rings (SSSR count). The Morgan fingerprint density at radius 2 is 2.09 bits per heavy atom. The lowest BCUT2D eigenvalue weighted by atomic mass is 10.1. The molecule has 1 nitrogen and oxygen atoms in total. The lowest BCUT2D eigenvalue weighted by molar-refractivity contribution is 0.760. The molecular weight excluding hydrogens is 134 g/mol. The van der Waals surface area contributed by atoms with E-state index in [1.54, 1.807) is 5.57 Å². The fraction of sp³-hybridized carbons (Fsp3) is 0.800. The topological polar surface area (TPSA) is 26.0 Å². The van der Waals surface area contributed by atoms with E-state index in [0.717, 1.165) is 13.0 Å². The van der Waals surface area contributed by atoms with Crippen molar-refractivity contribution < 1.29 is 0 Å². The van der Waals surface area contributed by atoms with Gasteiger partial charge in [0, 0.05) is 0 Å². The predicted molar refractivity (Wildman–Crippen MR) is 51.6 cm³/mol. The summed E-state index contributed by atoms with van der Waals surface area (Å²) in [5.74, 6) is 0. The van der Waals surface area contributed by atoms with Crippen molar-refractivity contribution in [2.75, 3.05) is 6.54 Å². The predicted octanol–water partition coefficient (Wildman–Crippen LogP) is 2.86. The Kier molecular flexibility index (Phi) is 7.59. The van der Waals surface area contributed by atoms with Crippen molar-refractivity contribution in [2.24, 2.45) is 5.73 Å². The Hall–Kier alpha value is -0.300. The first-order valence-electron chi connectivity index (χ1n) is 4.73. The van der Waals surface area contributed by atoms with Gasteiger partial charge in [0.25, 0.3) is 0 Å². The number of hydrogen-bond donors (Lipinski definition) is 1. The Morgan fingerprint density at radius 3 is 2.55 bits per heavy atom. The fourth-order valence-electron chi connectivity index (χ4n) is 1.11. The molecule has 1 heteroatoms. The van der Waals surface area contributed by atoms with E-state index in [-0.39, 0.29) is 0 Å². The van der Waals surface area contributed by atoms with Crippen LogP contribution in [0.1, 0.15) is 46.0 Å². The molecule has 0 amide bonds. The molecule has 0 unspecified atom stereocenters. The van der Waals surface area contributed by atoms with Crippen LogP contribution in [0, 0.1) is 0 Å². The summed E-state index contributed by atoms with van der Waals surface area (Å²) in [6, 6.07) is 0. The molecular formula is C10H21N. The SMILES string of the molecule is CCCC/C(=C/CCN)CC. The third-order valence-corrected chi connectivity index (χ3v) is 1.91. The monoisotopic (exact) mass is 155 g/mol. The minimum Gasteiger partial charge on any atom is -0.330 e. The van der Waals surface area contributed by atoms with E-state index < -0.39 is 0 Å². The van der Waals surface area contributed by atoms with Crippen molar-refractivity contribution in [1.82, 2.24) is 0 Å². The molecule has 0 heterocycles. The Balaban J connectivity index is 3.55. The zero-order chi connectivity index (χ0) is 8.53. The van der Waals surface area contributed by atoms with E-state index in [4.69, 9.17) is 5.73 Å². The van der Waals surface area contributed by atoms with Crippen LogP contribution in [-0.2, 0) is 0 Å². The molecule has 0 aliphatic carbocycles. The molecule has 0 aromatic heterocycles. The van der Waals surface area contributed by atoms with Gasteiger partial charge in [0.2, 0.25) is 0 Å². The summed E-state index contributed by atoms with van der Waals surface area (Å²) in [4.78, 5) is 0. The second-order valence-electron chi connectivity index (χ2n) is 2.90. The zero-order valence-corrected chi connectivity index (χ0v) is 7.90. The van der Waals surface area contributed by atoms with E-state index in [0.29, 0.717) is 0 Å². The highest BCUT2D eigenvalue weighted by Gasteiger charge is 1.91. The van der Waals surface area contributed by atoms with Crippen LogP contribution >= 0.6 is 0 Å². The first-order chi connectivity index (χ1) is 5.35. The lowest BCUT2D eigenvalue weighted by Gasteiger charge is -2.02. The van der Waals surface area contributed by atoms with Gasteiger partial charge in [0.05, 0.1) is 0 Å². The minimum atomic E-state index is 0.787. The molecule has 66 valence electrons.